The number of anilines is 1. The van der Waals surface area contributed by atoms with Gasteiger partial charge in [-0.15, -0.1) is 0 Å². The molecule has 1 aliphatic rings. The summed E-state index contributed by atoms with van der Waals surface area (Å²) in [4.78, 5) is 67.0. The number of nitrogens with two attached hydrogens (primary N) is 1. The van der Waals surface area contributed by atoms with Crippen LogP contribution in [0.2, 0.25) is 0 Å². The maximum atomic E-state index is 13.4. The molecule has 0 radical (unpaired) electrons. The molecule has 0 bridgehead atoms. The van der Waals surface area contributed by atoms with E-state index < -0.39 is 41.7 Å². The normalized spacial score (nSPS) is 15.5. The second-order valence-electron chi connectivity index (χ2n) is 10.8. The number of nitrogens with zero attached hydrogens (tertiary/aromatic N) is 3. The molecule has 1 unspecified atom stereocenters. The lowest BCUT2D eigenvalue weighted by molar-refractivity contribution is -0.118. The largest absolute Gasteiger partial charge is 0.464 e. The highest BCUT2D eigenvalue weighted by molar-refractivity contribution is 5.96. The maximum absolute atomic E-state index is 13.4. The lowest BCUT2D eigenvalue weighted by atomic mass is 10.0. The van der Waals surface area contributed by atoms with Crippen molar-refractivity contribution in [3.8, 4) is 0 Å². The third-order valence-electron chi connectivity index (χ3n) is 6.92. The van der Waals surface area contributed by atoms with E-state index in [2.05, 4.69) is 29.5 Å². The summed E-state index contributed by atoms with van der Waals surface area (Å²) in [6, 6.07) is 7.15. The molecule has 0 saturated carbocycles. The van der Waals surface area contributed by atoms with Crippen LogP contribution in [0.5, 0.6) is 0 Å². The second-order valence-corrected chi connectivity index (χ2v) is 10.8. The molecule has 1 saturated heterocycles. The number of amides is 3. The molecule has 1 aliphatic heterocycles. The number of pyridine rings is 1. The van der Waals surface area contributed by atoms with Gasteiger partial charge in [-0.05, 0) is 55.0 Å². The Kier molecular flexibility index (Phi) is 10.5. The quantitative estimate of drug-likeness (QED) is 0.223. The number of nitrogens with one attached hydrogen (secondary N) is 2. The summed E-state index contributed by atoms with van der Waals surface area (Å²) >= 11 is 0. The first-order valence-electron chi connectivity index (χ1n) is 14.3. The number of allylic oxidation sites excluding steroid dienone is 1. The Morgan fingerprint density at radius 2 is 2.02 bits per heavy atom. The van der Waals surface area contributed by atoms with Gasteiger partial charge in [0.2, 0.25) is 11.8 Å². The molecule has 1 aromatic carbocycles. The minimum absolute atomic E-state index is 0.0776. The minimum atomic E-state index is -1.24. The first-order chi connectivity index (χ1) is 21.0. The van der Waals surface area contributed by atoms with Crippen LogP contribution in [-0.2, 0) is 32.0 Å². The van der Waals surface area contributed by atoms with Gasteiger partial charge >= 0.3 is 12.2 Å². The fraction of sp³-hybridized carbons (Fsp3) is 0.400. The Hall–Kier alpha value is -4.98. The number of hydrogen-bond donors (Lipinski definition) is 4. The van der Waals surface area contributed by atoms with Crippen molar-refractivity contribution in [2.24, 2.45) is 11.7 Å². The van der Waals surface area contributed by atoms with Crippen molar-refractivity contribution < 1.29 is 33.8 Å². The number of imidazole rings is 1. The molecule has 44 heavy (non-hydrogen) atoms. The fourth-order valence-electron chi connectivity index (χ4n) is 4.92. The highest BCUT2D eigenvalue weighted by atomic mass is 16.6. The standard InChI is InChI=1S/C30H36N6O8/c1-18(2)15-19-7-5-10-23-26(19)34-25(36(23)30(41)42)16-35-13-6-9-22(28(35)39)32-27(38)21(8-3-4-11-24(31)37)33-29(40)44-20-12-14-43-17-20/h4-7,9-11,13,18,20-21H,3,8,12,14-17H2,1-2H3,(H2,31,37)(H,32,38)(H,33,40)(H,41,42)/b11-4+/t20?,21-/m0/s1. The Labute approximate surface area is 252 Å². The summed E-state index contributed by atoms with van der Waals surface area (Å²) in [6.07, 6.45) is 3.10. The van der Waals surface area contributed by atoms with Crippen LogP contribution >= 0.6 is 0 Å². The lowest BCUT2D eigenvalue weighted by Crippen LogP contribution is -2.45. The van der Waals surface area contributed by atoms with E-state index in [1.54, 1.807) is 12.1 Å². The van der Waals surface area contributed by atoms with Crippen LogP contribution in [0.1, 0.15) is 44.5 Å². The molecule has 3 aromatic rings. The van der Waals surface area contributed by atoms with Gasteiger partial charge in [-0.25, -0.2) is 19.1 Å². The van der Waals surface area contributed by atoms with Crippen molar-refractivity contribution in [2.45, 2.75) is 58.2 Å². The second kappa shape index (κ2) is 14.5. The van der Waals surface area contributed by atoms with Gasteiger partial charge in [0.1, 0.15) is 23.7 Å². The number of hydrogen-bond acceptors (Lipinski definition) is 8. The van der Waals surface area contributed by atoms with Crippen LogP contribution in [0, 0.1) is 5.92 Å². The summed E-state index contributed by atoms with van der Waals surface area (Å²) in [5.74, 6) is -0.897. The van der Waals surface area contributed by atoms with Crippen molar-refractivity contribution in [1.29, 1.82) is 0 Å². The molecule has 0 aliphatic carbocycles. The van der Waals surface area contributed by atoms with E-state index in [1.165, 1.54) is 29.0 Å². The lowest BCUT2D eigenvalue weighted by Gasteiger charge is -2.19. The maximum Gasteiger partial charge on any atom is 0.417 e. The SMILES string of the molecule is CC(C)Cc1cccc2c1nc(Cn1cccc(NC(=O)[C@H](CC/C=C/C(N)=O)NC(=O)OC3CCOC3)c1=O)n2C(=O)O. The topological polar surface area (TPSA) is 197 Å². The smallest absolute Gasteiger partial charge is 0.417 e. The van der Waals surface area contributed by atoms with Crippen LogP contribution in [0.4, 0.5) is 15.3 Å². The fourth-order valence-corrected chi connectivity index (χ4v) is 4.92. The molecule has 2 atom stereocenters. The number of primary amides is 1. The number of carbonyl (C=O) groups excluding carboxylic acids is 3. The number of alkyl carbamates (subject to hydrolysis) is 1. The van der Waals surface area contributed by atoms with E-state index >= 15 is 0 Å². The zero-order valence-electron chi connectivity index (χ0n) is 24.5. The van der Waals surface area contributed by atoms with E-state index in [4.69, 9.17) is 15.2 Å². The summed E-state index contributed by atoms with van der Waals surface area (Å²) in [5.41, 5.74) is 6.29. The Balaban J connectivity index is 1.56. The number of ether oxygens (including phenoxy) is 2. The number of aromatic nitrogens is 3. The molecule has 1 fully saturated rings. The van der Waals surface area contributed by atoms with Gasteiger partial charge in [0, 0.05) is 12.6 Å². The Morgan fingerprint density at radius 1 is 1.23 bits per heavy atom. The first kappa shape index (κ1) is 31.9. The molecule has 2 aromatic heterocycles. The molecule has 14 heteroatoms. The number of carbonyl (C=O) groups is 4. The van der Waals surface area contributed by atoms with Gasteiger partial charge in [0.25, 0.3) is 5.56 Å². The van der Waals surface area contributed by atoms with Crippen LogP contribution < -0.4 is 21.9 Å². The van der Waals surface area contributed by atoms with Crippen LogP contribution in [-0.4, -0.2) is 68.6 Å². The van der Waals surface area contributed by atoms with Crippen molar-refractivity contribution in [3.05, 3.63) is 70.4 Å². The molecular weight excluding hydrogens is 572 g/mol. The monoisotopic (exact) mass is 608 g/mol. The van der Waals surface area contributed by atoms with Crippen molar-refractivity contribution in [2.75, 3.05) is 18.5 Å². The Morgan fingerprint density at radius 3 is 2.70 bits per heavy atom. The molecule has 0 spiro atoms. The molecule has 5 N–H and O–H groups in total. The summed E-state index contributed by atoms with van der Waals surface area (Å²) in [6.45, 7) is 4.64. The summed E-state index contributed by atoms with van der Waals surface area (Å²) in [7, 11) is 0. The van der Waals surface area contributed by atoms with E-state index in [0.717, 1.165) is 16.2 Å². The van der Waals surface area contributed by atoms with Gasteiger partial charge in [0.05, 0.1) is 30.8 Å². The van der Waals surface area contributed by atoms with Crippen molar-refractivity contribution in [1.82, 2.24) is 19.4 Å². The zero-order chi connectivity index (χ0) is 31.8. The number of carboxylic acid groups (broad SMARTS) is 1. The highest BCUT2D eigenvalue weighted by Gasteiger charge is 2.26. The van der Waals surface area contributed by atoms with Gasteiger partial charge in [0.15, 0.2) is 0 Å². The summed E-state index contributed by atoms with van der Waals surface area (Å²) in [5, 5.41) is 15.1. The number of fused-ring (bicyclic) bond motifs is 1. The van der Waals surface area contributed by atoms with Gasteiger partial charge in [-0.2, -0.15) is 0 Å². The number of para-hydroxylation sites is 1. The van der Waals surface area contributed by atoms with Crippen LogP contribution in [0.3, 0.4) is 0 Å². The van der Waals surface area contributed by atoms with E-state index in [1.807, 2.05) is 6.07 Å². The minimum Gasteiger partial charge on any atom is -0.464 e. The average Bonchev–Trinajstić information content (AvgIpc) is 3.60. The molecule has 4 rings (SSSR count). The van der Waals surface area contributed by atoms with Crippen molar-refractivity contribution in [3.63, 3.8) is 0 Å². The van der Waals surface area contributed by atoms with E-state index in [9.17, 15) is 29.1 Å². The molecular formula is C30H36N6O8. The van der Waals surface area contributed by atoms with E-state index in [-0.39, 0.29) is 37.5 Å². The number of benzene rings is 1. The molecule has 234 valence electrons. The summed E-state index contributed by atoms with van der Waals surface area (Å²) < 4.78 is 12.8. The van der Waals surface area contributed by atoms with E-state index in [0.29, 0.717) is 36.4 Å². The Bertz CT molecular complexity index is 1620. The van der Waals surface area contributed by atoms with Crippen molar-refractivity contribution >= 4 is 40.7 Å². The zero-order valence-corrected chi connectivity index (χ0v) is 24.5. The van der Waals surface area contributed by atoms with Gasteiger partial charge < -0.3 is 35.5 Å². The van der Waals surface area contributed by atoms with Gasteiger partial charge in [-0.1, -0.05) is 32.1 Å². The molecule has 3 heterocycles. The number of rotatable bonds is 12. The molecule has 14 nitrogen and oxygen atoms in total. The van der Waals surface area contributed by atoms with Gasteiger partial charge in [-0.3, -0.25) is 14.4 Å². The molecule has 3 amide bonds. The average molecular weight is 609 g/mol. The predicted octanol–water partition coefficient (Wildman–Crippen LogP) is 2.61. The van der Waals surface area contributed by atoms with Crippen LogP contribution in [0.25, 0.3) is 11.0 Å². The third-order valence-corrected chi connectivity index (χ3v) is 6.92. The first-order valence-corrected chi connectivity index (χ1v) is 14.3. The third kappa shape index (κ3) is 8.10. The van der Waals surface area contributed by atoms with Crippen LogP contribution in [0.15, 0.2) is 53.5 Å². The predicted molar refractivity (Wildman–Crippen MR) is 160 cm³/mol. The highest BCUT2D eigenvalue weighted by Crippen LogP contribution is 2.23.